The summed E-state index contributed by atoms with van der Waals surface area (Å²) in [6.07, 6.45) is 3.53. The van der Waals surface area contributed by atoms with Crippen molar-refractivity contribution in [2.75, 3.05) is 33.0 Å². The molecule has 1 saturated heterocycles. The molecule has 0 amide bonds. The molecule has 5 nitrogen and oxygen atoms in total. The van der Waals surface area contributed by atoms with E-state index in [4.69, 9.17) is 14.2 Å². The predicted molar refractivity (Wildman–Crippen MR) is 94.7 cm³/mol. The van der Waals surface area contributed by atoms with Crippen LogP contribution in [0.3, 0.4) is 0 Å². The van der Waals surface area contributed by atoms with E-state index in [0.29, 0.717) is 52.4 Å². The first-order chi connectivity index (χ1) is 11.7. The quantitative estimate of drug-likeness (QED) is 0.643. The summed E-state index contributed by atoms with van der Waals surface area (Å²) in [6.45, 7) is 7.99. The average Bonchev–Trinajstić information content (AvgIpc) is 2.58. The van der Waals surface area contributed by atoms with Gasteiger partial charge in [0.15, 0.2) is 11.5 Å². The molecule has 24 heavy (non-hydrogen) atoms. The molecular formula is C19H31NO4. The molecule has 0 atom stereocenters. The van der Waals surface area contributed by atoms with Crippen LogP contribution in [-0.4, -0.2) is 43.7 Å². The first-order valence-electron chi connectivity index (χ1n) is 9.06. The zero-order valence-electron chi connectivity index (χ0n) is 15.0. The number of rotatable bonds is 10. The Labute approximate surface area is 145 Å². The average molecular weight is 337 g/mol. The molecule has 0 aromatic heterocycles. The van der Waals surface area contributed by atoms with Crippen LogP contribution >= 0.6 is 0 Å². The highest BCUT2D eigenvalue weighted by atomic mass is 16.5. The zero-order chi connectivity index (χ0) is 17.3. The highest BCUT2D eigenvalue weighted by Gasteiger charge is 2.29. The number of nitrogens with one attached hydrogen (secondary N) is 1. The van der Waals surface area contributed by atoms with Gasteiger partial charge in [-0.15, -0.1) is 0 Å². The third kappa shape index (κ3) is 5.96. The van der Waals surface area contributed by atoms with E-state index >= 15 is 0 Å². The molecule has 0 aliphatic carbocycles. The summed E-state index contributed by atoms with van der Waals surface area (Å²) in [5, 5.41) is 13.8. The summed E-state index contributed by atoms with van der Waals surface area (Å²) in [5.74, 6) is 1.59. The fourth-order valence-corrected chi connectivity index (χ4v) is 2.74. The second kappa shape index (κ2) is 9.87. The molecule has 1 aromatic rings. The molecule has 1 aliphatic heterocycles. The molecule has 1 fully saturated rings. The van der Waals surface area contributed by atoms with E-state index in [1.54, 1.807) is 0 Å². The minimum Gasteiger partial charge on any atom is -0.490 e. The van der Waals surface area contributed by atoms with Gasteiger partial charge in [0.1, 0.15) is 0 Å². The van der Waals surface area contributed by atoms with Crippen LogP contribution in [0.1, 0.15) is 45.1 Å². The first-order valence-corrected chi connectivity index (χ1v) is 9.06. The Hall–Kier alpha value is -1.30. The van der Waals surface area contributed by atoms with Gasteiger partial charge in [-0.05, 0) is 31.0 Å². The van der Waals surface area contributed by atoms with Crippen LogP contribution in [-0.2, 0) is 11.3 Å². The molecule has 2 N–H and O–H groups in total. The third-order valence-corrected chi connectivity index (χ3v) is 4.27. The molecule has 136 valence electrons. The van der Waals surface area contributed by atoms with Crippen LogP contribution in [0.2, 0.25) is 0 Å². The summed E-state index contributed by atoms with van der Waals surface area (Å²) in [5.41, 5.74) is 0.474. The number of aliphatic hydroxyl groups is 1. The molecule has 0 radical (unpaired) electrons. The SMILES string of the molecule is CCCCOc1ccc(CNCC2(O)CCOCC2)cc1OCC. The molecule has 1 aromatic carbocycles. The number of hydrogen-bond donors (Lipinski definition) is 2. The number of ether oxygens (including phenoxy) is 3. The summed E-state index contributed by atoms with van der Waals surface area (Å²) in [6, 6.07) is 6.04. The zero-order valence-corrected chi connectivity index (χ0v) is 15.0. The smallest absolute Gasteiger partial charge is 0.161 e. The van der Waals surface area contributed by atoms with Gasteiger partial charge in [0, 0.05) is 39.1 Å². The van der Waals surface area contributed by atoms with Crippen molar-refractivity contribution >= 4 is 0 Å². The molecule has 1 heterocycles. The molecule has 2 rings (SSSR count). The number of hydrogen-bond acceptors (Lipinski definition) is 5. The van der Waals surface area contributed by atoms with Crippen molar-refractivity contribution in [1.29, 1.82) is 0 Å². The van der Waals surface area contributed by atoms with E-state index < -0.39 is 5.60 Å². The summed E-state index contributed by atoms with van der Waals surface area (Å²) < 4.78 is 16.8. The lowest BCUT2D eigenvalue weighted by atomic mass is 9.94. The van der Waals surface area contributed by atoms with Crippen molar-refractivity contribution in [3.63, 3.8) is 0 Å². The Balaban J connectivity index is 1.88. The van der Waals surface area contributed by atoms with Gasteiger partial charge in [-0.1, -0.05) is 19.4 Å². The topological polar surface area (TPSA) is 60.0 Å². The van der Waals surface area contributed by atoms with E-state index in [9.17, 15) is 5.11 Å². The highest BCUT2D eigenvalue weighted by molar-refractivity contribution is 5.43. The minimum atomic E-state index is -0.649. The van der Waals surface area contributed by atoms with E-state index in [0.717, 1.165) is 29.9 Å². The van der Waals surface area contributed by atoms with Gasteiger partial charge in [0.2, 0.25) is 0 Å². The first kappa shape index (κ1) is 19.0. The van der Waals surface area contributed by atoms with Crippen LogP contribution in [0.5, 0.6) is 11.5 Å². The molecule has 0 bridgehead atoms. The molecule has 5 heteroatoms. The van der Waals surface area contributed by atoms with Crippen LogP contribution in [0.15, 0.2) is 18.2 Å². The summed E-state index contributed by atoms with van der Waals surface area (Å²) in [7, 11) is 0. The molecule has 1 aliphatic rings. The van der Waals surface area contributed by atoms with Crippen LogP contribution in [0, 0.1) is 0 Å². The van der Waals surface area contributed by atoms with Gasteiger partial charge < -0.3 is 24.6 Å². The van der Waals surface area contributed by atoms with Gasteiger partial charge in [0.25, 0.3) is 0 Å². The fourth-order valence-electron chi connectivity index (χ4n) is 2.74. The molecule has 0 saturated carbocycles. The fraction of sp³-hybridized carbons (Fsp3) is 0.684. The molecular weight excluding hydrogens is 306 g/mol. The summed E-state index contributed by atoms with van der Waals surface area (Å²) >= 11 is 0. The standard InChI is InChI=1S/C19H31NO4/c1-3-5-10-24-17-7-6-16(13-18(17)23-4-2)14-20-15-19(21)8-11-22-12-9-19/h6-7,13,20-21H,3-5,8-12,14-15H2,1-2H3. The van der Waals surface area contributed by atoms with Gasteiger partial charge in [0.05, 0.1) is 18.8 Å². The lowest BCUT2D eigenvalue weighted by Crippen LogP contribution is -2.44. The highest BCUT2D eigenvalue weighted by Crippen LogP contribution is 2.29. The number of unbranched alkanes of at least 4 members (excludes halogenated alkanes) is 1. The van der Waals surface area contributed by atoms with Crippen molar-refractivity contribution in [2.24, 2.45) is 0 Å². The van der Waals surface area contributed by atoms with E-state index in [2.05, 4.69) is 12.2 Å². The predicted octanol–water partition coefficient (Wildman–Crippen LogP) is 2.90. The maximum atomic E-state index is 10.5. The van der Waals surface area contributed by atoms with Crippen molar-refractivity contribution in [2.45, 2.75) is 51.7 Å². The van der Waals surface area contributed by atoms with E-state index in [1.807, 2.05) is 25.1 Å². The Morgan fingerprint density at radius 2 is 1.96 bits per heavy atom. The van der Waals surface area contributed by atoms with Crippen LogP contribution in [0.25, 0.3) is 0 Å². The lowest BCUT2D eigenvalue weighted by molar-refractivity contribution is -0.0617. The van der Waals surface area contributed by atoms with Crippen molar-refractivity contribution in [3.8, 4) is 11.5 Å². The Morgan fingerprint density at radius 3 is 2.67 bits per heavy atom. The van der Waals surface area contributed by atoms with E-state index in [-0.39, 0.29) is 0 Å². The largest absolute Gasteiger partial charge is 0.490 e. The third-order valence-electron chi connectivity index (χ3n) is 4.27. The lowest BCUT2D eigenvalue weighted by Gasteiger charge is -2.32. The molecule has 0 unspecified atom stereocenters. The maximum absolute atomic E-state index is 10.5. The monoisotopic (exact) mass is 337 g/mol. The van der Waals surface area contributed by atoms with E-state index in [1.165, 1.54) is 0 Å². The summed E-state index contributed by atoms with van der Waals surface area (Å²) in [4.78, 5) is 0. The van der Waals surface area contributed by atoms with Crippen molar-refractivity contribution in [3.05, 3.63) is 23.8 Å². The van der Waals surface area contributed by atoms with Crippen LogP contribution in [0.4, 0.5) is 0 Å². The van der Waals surface area contributed by atoms with Gasteiger partial charge >= 0.3 is 0 Å². The maximum Gasteiger partial charge on any atom is 0.161 e. The minimum absolute atomic E-state index is 0.578. The molecule has 0 spiro atoms. The Kier molecular flexibility index (Phi) is 7.82. The van der Waals surface area contributed by atoms with Crippen LogP contribution < -0.4 is 14.8 Å². The Bertz CT molecular complexity index is 486. The second-order valence-corrected chi connectivity index (χ2v) is 6.36. The van der Waals surface area contributed by atoms with Crippen molar-refractivity contribution < 1.29 is 19.3 Å². The second-order valence-electron chi connectivity index (χ2n) is 6.36. The van der Waals surface area contributed by atoms with Gasteiger partial charge in [-0.2, -0.15) is 0 Å². The van der Waals surface area contributed by atoms with Gasteiger partial charge in [-0.25, -0.2) is 0 Å². The normalized spacial score (nSPS) is 16.8. The number of benzene rings is 1. The van der Waals surface area contributed by atoms with Gasteiger partial charge in [-0.3, -0.25) is 0 Å². The van der Waals surface area contributed by atoms with Crippen molar-refractivity contribution in [1.82, 2.24) is 5.32 Å². The Morgan fingerprint density at radius 1 is 1.17 bits per heavy atom.